The van der Waals surface area contributed by atoms with Gasteiger partial charge in [-0.3, -0.25) is 9.59 Å². The number of rotatable bonds is 7. The van der Waals surface area contributed by atoms with Crippen molar-refractivity contribution < 1.29 is 18.7 Å². The standard InChI is InChI=1S/C17H23FN2O3/c1-3-17(4-2)11-19-16(22)15(17)20-14(21)9-10-23-13-8-6-5-7-12(13)18/h5-8,15H,3-4,9-11H2,1-2H3,(H,19,22)(H,20,21). The van der Waals surface area contributed by atoms with Gasteiger partial charge in [0.2, 0.25) is 11.8 Å². The second-order valence-electron chi connectivity index (χ2n) is 5.82. The molecule has 1 heterocycles. The van der Waals surface area contributed by atoms with Crippen molar-refractivity contribution in [3.63, 3.8) is 0 Å². The molecule has 23 heavy (non-hydrogen) atoms. The molecule has 1 saturated heterocycles. The van der Waals surface area contributed by atoms with Crippen LogP contribution >= 0.6 is 0 Å². The highest BCUT2D eigenvalue weighted by molar-refractivity contribution is 5.90. The second kappa shape index (κ2) is 7.44. The van der Waals surface area contributed by atoms with Crippen LogP contribution in [0, 0.1) is 11.2 Å². The predicted molar refractivity (Wildman–Crippen MR) is 84.5 cm³/mol. The number of halogens is 1. The van der Waals surface area contributed by atoms with Gasteiger partial charge in [-0.15, -0.1) is 0 Å². The fourth-order valence-electron chi connectivity index (χ4n) is 2.92. The summed E-state index contributed by atoms with van der Waals surface area (Å²) in [7, 11) is 0. The Kier molecular flexibility index (Phi) is 5.58. The minimum absolute atomic E-state index is 0.0619. The lowest BCUT2D eigenvalue weighted by Crippen LogP contribution is -2.49. The molecule has 1 fully saturated rings. The first-order chi connectivity index (χ1) is 11.0. The summed E-state index contributed by atoms with van der Waals surface area (Å²) in [6.07, 6.45) is 1.68. The summed E-state index contributed by atoms with van der Waals surface area (Å²) in [4.78, 5) is 24.1. The van der Waals surface area contributed by atoms with Gasteiger partial charge in [0.25, 0.3) is 0 Å². The summed E-state index contributed by atoms with van der Waals surface area (Å²) in [5.41, 5.74) is -0.237. The number of para-hydroxylation sites is 1. The zero-order valence-corrected chi connectivity index (χ0v) is 13.5. The Hall–Kier alpha value is -2.11. The van der Waals surface area contributed by atoms with E-state index >= 15 is 0 Å². The number of hydrogen-bond donors (Lipinski definition) is 2. The first-order valence-corrected chi connectivity index (χ1v) is 7.97. The largest absolute Gasteiger partial charge is 0.490 e. The van der Waals surface area contributed by atoms with Gasteiger partial charge in [0.05, 0.1) is 13.0 Å². The van der Waals surface area contributed by atoms with Gasteiger partial charge in [0, 0.05) is 12.0 Å². The molecular formula is C17H23FN2O3. The van der Waals surface area contributed by atoms with E-state index in [0.29, 0.717) is 6.54 Å². The highest BCUT2D eigenvalue weighted by Crippen LogP contribution is 2.34. The van der Waals surface area contributed by atoms with Gasteiger partial charge >= 0.3 is 0 Å². The number of benzene rings is 1. The predicted octanol–water partition coefficient (Wildman–Crippen LogP) is 2.02. The lowest BCUT2D eigenvalue weighted by Gasteiger charge is -2.31. The van der Waals surface area contributed by atoms with Crippen molar-refractivity contribution in [2.45, 2.75) is 39.2 Å². The fourth-order valence-corrected chi connectivity index (χ4v) is 2.92. The van der Waals surface area contributed by atoms with Crippen LogP contribution in [0.2, 0.25) is 0 Å². The zero-order valence-electron chi connectivity index (χ0n) is 13.5. The Labute approximate surface area is 135 Å². The number of hydrogen-bond acceptors (Lipinski definition) is 3. The molecule has 126 valence electrons. The molecular weight excluding hydrogens is 299 g/mol. The molecule has 1 aromatic carbocycles. The number of carbonyl (C=O) groups is 2. The van der Waals surface area contributed by atoms with Gasteiger partial charge in [-0.2, -0.15) is 0 Å². The molecule has 5 nitrogen and oxygen atoms in total. The summed E-state index contributed by atoms with van der Waals surface area (Å²) in [5.74, 6) is -0.749. The average Bonchev–Trinajstić information content (AvgIpc) is 2.86. The topological polar surface area (TPSA) is 67.4 Å². The minimum atomic E-state index is -0.515. The Balaban J connectivity index is 1.87. The number of nitrogens with one attached hydrogen (secondary N) is 2. The smallest absolute Gasteiger partial charge is 0.243 e. The molecule has 2 rings (SSSR count). The molecule has 0 bridgehead atoms. The van der Waals surface area contributed by atoms with Gasteiger partial charge in [-0.05, 0) is 25.0 Å². The van der Waals surface area contributed by atoms with Crippen LogP contribution < -0.4 is 15.4 Å². The van der Waals surface area contributed by atoms with E-state index in [0.717, 1.165) is 12.8 Å². The molecule has 6 heteroatoms. The Bertz CT molecular complexity index is 573. The monoisotopic (exact) mass is 322 g/mol. The third kappa shape index (κ3) is 3.81. The average molecular weight is 322 g/mol. The fraction of sp³-hybridized carbons (Fsp3) is 0.529. The quantitative estimate of drug-likeness (QED) is 0.807. The van der Waals surface area contributed by atoms with E-state index in [4.69, 9.17) is 4.74 Å². The summed E-state index contributed by atoms with van der Waals surface area (Å²) in [5, 5.41) is 5.62. The molecule has 0 aromatic heterocycles. The van der Waals surface area contributed by atoms with Crippen molar-refractivity contribution in [2.75, 3.05) is 13.2 Å². The number of amides is 2. The SMILES string of the molecule is CCC1(CC)CNC(=O)C1NC(=O)CCOc1ccccc1F. The summed E-state index contributed by atoms with van der Waals surface area (Å²) >= 11 is 0. The van der Waals surface area contributed by atoms with Crippen molar-refractivity contribution in [1.29, 1.82) is 0 Å². The van der Waals surface area contributed by atoms with Gasteiger partial charge < -0.3 is 15.4 Å². The lowest BCUT2D eigenvalue weighted by atomic mass is 9.77. The first kappa shape index (κ1) is 17.2. The molecule has 0 aliphatic carbocycles. The lowest BCUT2D eigenvalue weighted by molar-refractivity contribution is -0.129. The zero-order chi connectivity index (χ0) is 16.9. The summed E-state index contributed by atoms with van der Waals surface area (Å²) in [6.45, 7) is 4.68. The molecule has 0 saturated carbocycles. The van der Waals surface area contributed by atoms with Gasteiger partial charge in [0.15, 0.2) is 11.6 Å². The number of ether oxygens (including phenoxy) is 1. The molecule has 0 radical (unpaired) electrons. The van der Waals surface area contributed by atoms with E-state index in [2.05, 4.69) is 10.6 Å². The summed E-state index contributed by atoms with van der Waals surface area (Å²) < 4.78 is 18.7. The van der Waals surface area contributed by atoms with Crippen LogP contribution in [0.15, 0.2) is 24.3 Å². The maximum absolute atomic E-state index is 13.4. The highest BCUT2D eigenvalue weighted by Gasteiger charge is 2.46. The van der Waals surface area contributed by atoms with Crippen LogP contribution in [-0.2, 0) is 9.59 Å². The third-order valence-corrected chi connectivity index (χ3v) is 4.63. The van der Waals surface area contributed by atoms with Crippen LogP contribution in [0.25, 0.3) is 0 Å². The van der Waals surface area contributed by atoms with Crippen molar-refractivity contribution in [1.82, 2.24) is 10.6 Å². The third-order valence-electron chi connectivity index (χ3n) is 4.63. The van der Waals surface area contributed by atoms with E-state index in [1.807, 2.05) is 13.8 Å². The molecule has 1 unspecified atom stereocenters. The normalized spacial score (nSPS) is 19.3. The Morgan fingerprint density at radius 1 is 1.39 bits per heavy atom. The molecule has 0 spiro atoms. The summed E-state index contributed by atoms with van der Waals surface area (Å²) in [6, 6.07) is 5.53. The van der Waals surface area contributed by atoms with Crippen molar-refractivity contribution in [3.05, 3.63) is 30.1 Å². The van der Waals surface area contributed by atoms with Gasteiger partial charge in [0.1, 0.15) is 6.04 Å². The maximum Gasteiger partial charge on any atom is 0.243 e. The van der Waals surface area contributed by atoms with E-state index in [9.17, 15) is 14.0 Å². The second-order valence-corrected chi connectivity index (χ2v) is 5.82. The molecule has 2 amide bonds. The van der Waals surface area contributed by atoms with E-state index in [1.165, 1.54) is 12.1 Å². The van der Waals surface area contributed by atoms with Gasteiger partial charge in [-0.1, -0.05) is 26.0 Å². The molecule has 1 aromatic rings. The van der Waals surface area contributed by atoms with E-state index < -0.39 is 11.9 Å². The van der Waals surface area contributed by atoms with Crippen molar-refractivity contribution in [2.24, 2.45) is 5.41 Å². The number of carbonyl (C=O) groups excluding carboxylic acids is 2. The van der Waals surface area contributed by atoms with E-state index in [-0.39, 0.29) is 36.0 Å². The first-order valence-electron chi connectivity index (χ1n) is 7.97. The van der Waals surface area contributed by atoms with Crippen LogP contribution in [0.3, 0.4) is 0 Å². The van der Waals surface area contributed by atoms with Crippen LogP contribution in [0.5, 0.6) is 5.75 Å². The highest BCUT2D eigenvalue weighted by atomic mass is 19.1. The van der Waals surface area contributed by atoms with Crippen molar-refractivity contribution in [3.8, 4) is 5.75 Å². The van der Waals surface area contributed by atoms with Gasteiger partial charge in [-0.25, -0.2) is 4.39 Å². The Morgan fingerprint density at radius 3 is 2.74 bits per heavy atom. The molecule has 1 atom stereocenters. The van der Waals surface area contributed by atoms with Crippen LogP contribution in [-0.4, -0.2) is 31.0 Å². The molecule has 2 N–H and O–H groups in total. The van der Waals surface area contributed by atoms with Crippen molar-refractivity contribution >= 4 is 11.8 Å². The van der Waals surface area contributed by atoms with E-state index in [1.54, 1.807) is 12.1 Å². The van der Waals surface area contributed by atoms with Crippen LogP contribution in [0.1, 0.15) is 33.1 Å². The molecule has 1 aliphatic heterocycles. The molecule has 1 aliphatic rings. The van der Waals surface area contributed by atoms with Crippen LogP contribution in [0.4, 0.5) is 4.39 Å². The minimum Gasteiger partial charge on any atom is -0.490 e. The Morgan fingerprint density at radius 2 is 2.09 bits per heavy atom. The maximum atomic E-state index is 13.4.